The fraction of sp³-hybridized carbons (Fsp3) is 0.476. The van der Waals surface area contributed by atoms with Crippen LogP contribution in [0.4, 0.5) is 4.79 Å². The Labute approximate surface area is 175 Å². The number of carbonyl (C=O) groups is 3. The second-order valence-electron chi connectivity index (χ2n) is 7.11. The van der Waals surface area contributed by atoms with E-state index in [-0.39, 0.29) is 12.8 Å². The molecular formula is C21H28N2O7. The van der Waals surface area contributed by atoms with E-state index in [4.69, 9.17) is 19.3 Å². The highest BCUT2D eigenvalue weighted by molar-refractivity contribution is 5.92. The Morgan fingerprint density at radius 2 is 1.83 bits per heavy atom. The van der Waals surface area contributed by atoms with Gasteiger partial charge in [-0.25, -0.2) is 4.79 Å². The molecule has 1 aromatic heterocycles. The summed E-state index contributed by atoms with van der Waals surface area (Å²) in [5.74, 6) is -0.752. The van der Waals surface area contributed by atoms with Crippen molar-refractivity contribution in [1.29, 1.82) is 0 Å². The van der Waals surface area contributed by atoms with Crippen molar-refractivity contribution >= 4 is 28.9 Å². The standard InChI is InChI=1S/C21H28N2O7/c1-22(2)11-10-15-13-23(18-9-8-16(28-3)12-17(15)18)21(27)30-14-29-20(26)7-5-4-6-19(24)25/h8-9,12-13H,4-7,10-11,14H2,1-3H3,(H,24,25). The van der Waals surface area contributed by atoms with Crippen LogP contribution in [0.15, 0.2) is 24.4 Å². The van der Waals surface area contributed by atoms with Gasteiger partial charge in [-0.1, -0.05) is 0 Å². The van der Waals surface area contributed by atoms with Gasteiger partial charge in [-0.2, -0.15) is 0 Å². The molecule has 9 heteroatoms. The number of carboxylic acids is 1. The molecule has 0 atom stereocenters. The molecule has 0 fully saturated rings. The highest BCUT2D eigenvalue weighted by Crippen LogP contribution is 2.27. The molecule has 0 saturated carbocycles. The summed E-state index contributed by atoms with van der Waals surface area (Å²) in [6.45, 7) is 0.310. The second kappa shape index (κ2) is 11.2. The van der Waals surface area contributed by atoms with Gasteiger partial charge in [0.25, 0.3) is 0 Å². The predicted molar refractivity (Wildman–Crippen MR) is 110 cm³/mol. The van der Waals surface area contributed by atoms with Crippen molar-refractivity contribution in [3.8, 4) is 5.75 Å². The number of aromatic nitrogens is 1. The average molecular weight is 420 g/mol. The van der Waals surface area contributed by atoms with Gasteiger partial charge in [-0.05, 0) is 57.1 Å². The first-order valence-electron chi connectivity index (χ1n) is 9.69. The lowest BCUT2D eigenvalue weighted by Crippen LogP contribution is -2.17. The molecule has 1 aromatic carbocycles. The summed E-state index contributed by atoms with van der Waals surface area (Å²) < 4.78 is 16.7. The topological polar surface area (TPSA) is 107 Å². The molecule has 2 aromatic rings. The van der Waals surface area contributed by atoms with Gasteiger partial charge in [0.1, 0.15) is 5.75 Å². The Morgan fingerprint density at radius 1 is 1.10 bits per heavy atom. The number of nitrogens with zero attached hydrogens (tertiary/aromatic N) is 2. The number of methoxy groups -OCH3 is 1. The van der Waals surface area contributed by atoms with Gasteiger partial charge < -0.3 is 24.2 Å². The van der Waals surface area contributed by atoms with Crippen molar-refractivity contribution in [1.82, 2.24) is 9.47 Å². The summed E-state index contributed by atoms with van der Waals surface area (Å²) in [7, 11) is 5.54. The molecule has 30 heavy (non-hydrogen) atoms. The Morgan fingerprint density at radius 3 is 2.50 bits per heavy atom. The van der Waals surface area contributed by atoms with Gasteiger partial charge in [-0.15, -0.1) is 0 Å². The van der Waals surface area contributed by atoms with Crippen LogP contribution in [0.2, 0.25) is 0 Å². The second-order valence-corrected chi connectivity index (χ2v) is 7.11. The minimum Gasteiger partial charge on any atom is -0.497 e. The minimum absolute atomic E-state index is 0.00388. The monoisotopic (exact) mass is 420 g/mol. The van der Waals surface area contributed by atoms with E-state index in [2.05, 4.69) is 4.90 Å². The summed E-state index contributed by atoms with van der Waals surface area (Å²) in [5.41, 5.74) is 1.65. The number of esters is 1. The molecule has 0 aliphatic rings. The normalized spacial score (nSPS) is 10.9. The van der Waals surface area contributed by atoms with E-state index >= 15 is 0 Å². The Hall–Kier alpha value is -3.07. The van der Waals surface area contributed by atoms with Crippen molar-refractivity contribution in [3.63, 3.8) is 0 Å². The molecule has 0 radical (unpaired) electrons. The molecule has 0 spiro atoms. The Kier molecular flexibility index (Phi) is 8.67. The van der Waals surface area contributed by atoms with Crippen LogP contribution in [0.3, 0.4) is 0 Å². The molecule has 0 bridgehead atoms. The Balaban J connectivity index is 1.98. The van der Waals surface area contributed by atoms with E-state index < -0.39 is 24.8 Å². The number of likely N-dealkylation sites (N-methyl/N-ethyl adjacent to an activating group) is 1. The first-order valence-corrected chi connectivity index (χ1v) is 9.69. The summed E-state index contributed by atoms with van der Waals surface area (Å²) in [6.07, 6.45) is 2.68. The number of rotatable bonds is 11. The molecule has 0 unspecified atom stereocenters. The molecule has 1 N–H and O–H groups in total. The van der Waals surface area contributed by atoms with Gasteiger partial charge in [0.05, 0.1) is 12.6 Å². The van der Waals surface area contributed by atoms with Crippen LogP contribution >= 0.6 is 0 Å². The lowest BCUT2D eigenvalue weighted by atomic mass is 10.1. The molecule has 0 aliphatic carbocycles. The minimum atomic E-state index is -0.904. The average Bonchev–Trinajstić information content (AvgIpc) is 3.07. The van der Waals surface area contributed by atoms with Crippen LogP contribution in [0, 0.1) is 0 Å². The summed E-state index contributed by atoms with van der Waals surface area (Å²) >= 11 is 0. The summed E-state index contributed by atoms with van der Waals surface area (Å²) in [4.78, 5) is 36.7. The van der Waals surface area contributed by atoms with Gasteiger partial charge >= 0.3 is 18.0 Å². The fourth-order valence-electron chi connectivity index (χ4n) is 2.93. The third-order valence-electron chi connectivity index (χ3n) is 4.54. The van der Waals surface area contributed by atoms with Crippen molar-refractivity contribution in [3.05, 3.63) is 30.0 Å². The number of carboxylic acid groups (broad SMARTS) is 1. The smallest absolute Gasteiger partial charge is 0.421 e. The van der Waals surface area contributed by atoms with E-state index in [1.54, 1.807) is 25.4 Å². The fourth-order valence-corrected chi connectivity index (χ4v) is 2.93. The zero-order valence-corrected chi connectivity index (χ0v) is 17.6. The number of benzene rings is 1. The van der Waals surface area contributed by atoms with Crippen LogP contribution in [0.5, 0.6) is 5.75 Å². The Bertz CT molecular complexity index is 889. The van der Waals surface area contributed by atoms with Crippen LogP contribution in [-0.4, -0.2) is 67.1 Å². The van der Waals surface area contributed by atoms with Crippen molar-refractivity contribution < 1.29 is 33.7 Å². The maximum absolute atomic E-state index is 12.5. The number of aliphatic carboxylic acids is 1. The van der Waals surface area contributed by atoms with Crippen molar-refractivity contribution in [2.75, 3.05) is 34.5 Å². The van der Waals surface area contributed by atoms with Crippen LogP contribution in [-0.2, 0) is 25.5 Å². The molecule has 1 heterocycles. The third kappa shape index (κ3) is 6.77. The van der Waals surface area contributed by atoms with Gasteiger partial charge in [-0.3, -0.25) is 14.2 Å². The van der Waals surface area contributed by atoms with Crippen LogP contribution in [0.1, 0.15) is 31.2 Å². The number of carbonyl (C=O) groups excluding carboxylic acids is 2. The first kappa shape index (κ1) is 23.2. The van der Waals surface area contributed by atoms with Crippen LogP contribution in [0.25, 0.3) is 10.9 Å². The number of ether oxygens (including phenoxy) is 3. The maximum atomic E-state index is 12.5. The molecule has 164 valence electrons. The summed E-state index contributed by atoms with van der Waals surface area (Å²) in [5, 5.41) is 9.46. The quantitative estimate of drug-likeness (QED) is 0.336. The number of hydrogen-bond acceptors (Lipinski definition) is 7. The third-order valence-corrected chi connectivity index (χ3v) is 4.54. The van der Waals surface area contributed by atoms with Crippen molar-refractivity contribution in [2.45, 2.75) is 32.1 Å². The number of unbranched alkanes of at least 4 members (excludes halogenated alkanes) is 1. The van der Waals surface area contributed by atoms with E-state index in [0.29, 0.717) is 24.1 Å². The number of fused-ring (bicyclic) bond motifs is 1. The largest absolute Gasteiger partial charge is 0.497 e. The molecule has 9 nitrogen and oxygen atoms in total. The molecular weight excluding hydrogens is 392 g/mol. The highest BCUT2D eigenvalue weighted by atomic mass is 16.7. The molecule has 0 saturated heterocycles. The van der Waals surface area contributed by atoms with Gasteiger partial charge in [0.15, 0.2) is 0 Å². The first-order chi connectivity index (χ1) is 14.3. The maximum Gasteiger partial charge on any atom is 0.421 e. The van der Waals surface area contributed by atoms with Crippen molar-refractivity contribution in [2.24, 2.45) is 0 Å². The number of hydrogen-bond donors (Lipinski definition) is 1. The lowest BCUT2D eigenvalue weighted by Gasteiger charge is -2.08. The zero-order valence-electron chi connectivity index (χ0n) is 17.6. The van der Waals surface area contributed by atoms with E-state index in [1.165, 1.54) is 4.57 Å². The SMILES string of the molecule is COc1ccc2c(c1)c(CCN(C)C)cn2C(=O)OCOC(=O)CCCCC(=O)O. The predicted octanol–water partition coefficient (Wildman–Crippen LogP) is 2.88. The lowest BCUT2D eigenvalue weighted by molar-refractivity contribution is -0.152. The molecule has 0 amide bonds. The summed E-state index contributed by atoms with van der Waals surface area (Å²) in [6, 6.07) is 5.42. The highest BCUT2D eigenvalue weighted by Gasteiger charge is 2.16. The van der Waals surface area contributed by atoms with E-state index in [0.717, 1.165) is 23.9 Å². The van der Waals surface area contributed by atoms with E-state index in [9.17, 15) is 14.4 Å². The van der Waals surface area contributed by atoms with Gasteiger partial charge in [0.2, 0.25) is 6.79 Å². The van der Waals surface area contributed by atoms with Crippen LogP contribution < -0.4 is 4.74 Å². The van der Waals surface area contributed by atoms with E-state index in [1.807, 2.05) is 20.2 Å². The molecule has 0 aliphatic heterocycles. The molecule has 2 rings (SSSR count). The zero-order chi connectivity index (χ0) is 22.1. The van der Waals surface area contributed by atoms with Gasteiger partial charge in [0, 0.05) is 31.0 Å².